The molecule has 1 aliphatic carbocycles. The standard InChI is InChI=1S/C33H42FN9O2/c1-39-15-17-42(18-16-39)23-10-13-41(14-11-23)25-5-8-29-28(19-25)37-33(43(29)24-3-6-26(44)7-4-24)38-32(45)27-9-12-35-31(30(27)34)22-20-36-40(2)21-22/h5,8-9,12,19-21,23-24,26,44H,3-4,6-7,10-11,13-18H2,1-2H3,(H,37,38,45). The SMILES string of the molecule is CN1CCN(C2CCN(c3ccc4c(c3)nc(NC(=O)c3ccnc(-c5cnn(C)c5)c3F)n4C3CCC(O)CC3)CC2)CC1. The van der Waals surface area contributed by atoms with Crippen molar-refractivity contribution in [3.63, 3.8) is 0 Å². The van der Waals surface area contributed by atoms with E-state index in [-0.39, 0.29) is 23.4 Å². The van der Waals surface area contributed by atoms with E-state index >= 15 is 4.39 Å². The smallest absolute Gasteiger partial charge is 0.261 e. The van der Waals surface area contributed by atoms with Crippen molar-refractivity contribution >= 4 is 28.6 Å². The molecule has 238 valence electrons. The third-order valence-corrected chi connectivity index (χ3v) is 9.93. The Morgan fingerprint density at radius 3 is 2.42 bits per heavy atom. The minimum atomic E-state index is -0.700. The average molecular weight is 616 g/mol. The van der Waals surface area contributed by atoms with Crippen LogP contribution < -0.4 is 10.2 Å². The molecule has 1 amide bonds. The van der Waals surface area contributed by atoms with Gasteiger partial charge in [-0.1, -0.05) is 0 Å². The molecule has 4 aromatic rings. The maximum absolute atomic E-state index is 15.6. The van der Waals surface area contributed by atoms with Gasteiger partial charge < -0.3 is 19.5 Å². The molecule has 3 aromatic heterocycles. The quantitative estimate of drug-likeness (QED) is 0.336. The van der Waals surface area contributed by atoms with Gasteiger partial charge in [-0.15, -0.1) is 0 Å². The molecule has 3 aliphatic rings. The number of amides is 1. The van der Waals surface area contributed by atoms with Crippen molar-refractivity contribution in [3.05, 3.63) is 54.2 Å². The highest BCUT2D eigenvalue weighted by Gasteiger charge is 2.29. The lowest BCUT2D eigenvalue weighted by Gasteiger charge is -2.42. The number of anilines is 2. The minimum absolute atomic E-state index is 0.0622. The predicted molar refractivity (Wildman–Crippen MR) is 172 cm³/mol. The van der Waals surface area contributed by atoms with E-state index in [9.17, 15) is 9.90 Å². The Kier molecular flexibility index (Phi) is 8.28. The summed E-state index contributed by atoms with van der Waals surface area (Å²) in [6.45, 7) is 6.55. The zero-order valence-electron chi connectivity index (χ0n) is 26.1. The number of aliphatic hydroxyl groups excluding tert-OH is 1. The van der Waals surface area contributed by atoms with Gasteiger partial charge in [-0.05, 0) is 69.8 Å². The molecule has 2 aliphatic heterocycles. The van der Waals surface area contributed by atoms with Crippen LogP contribution in [0.5, 0.6) is 0 Å². The van der Waals surface area contributed by atoms with E-state index < -0.39 is 11.7 Å². The molecule has 3 fully saturated rings. The summed E-state index contributed by atoms with van der Waals surface area (Å²) in [6, 6.07) is 8.45. The van der Waals surface area contributed by atoms with Gasteiger partial charge in [0.15, 0.2) is 5.82 Å². The Morgan fingerprint density at radius 1 is 0.956 bits per heavy atom. The van der Waals surface area contributed by atoms with Crippen LogP contribution in [0.3, 0.4) is 0 Å². The molecule has 0 atom stereocenters. The van der Waals surface area contributed by atoms with Crippen LogP contribution >= 0.6 is 0 Å². The van der Waals surface area contributed by atoms with Crippen molar-refractivity contribution in [1.82, 2.24) is 34.1 Å². The van der Waals surface area contributed by atoms with Crippen molar-refractivity contribution in [2.24, 2.45) is 7.05 Å². The molecule has 0 spiro atoms. The normalized spacial score (nSPS) is 22.3. The second-order valence-electron chi connectivity index (χ2n) is 12.9. The van der Waals surface area contributed by atoms with Crippen molar-refractivity contribution < 1.29 is 14.3 Å². The number of aryl methyl sites for hydroxylation is 1. The number of imidazole rings is 1. The monoisotopic (exact) mass is 615 g/mol. The first-order valence-corrected chi connectivity index (χ1v) is 16.2. The van der Waals surface area contributed by atoms with Gasteiger partial charge in [0.1, 0.15) is 5.69 Å². The predicted octanol–water partition coefficient (Wildman–Crippen LogP) is 3.92. The van der Waals surface area contributed by atoms with Crippen LogP contribution in [0, 0.1) is 5.82 Å². The Hall–Kier alpha value is -3.87. The molecular weight excluding hydrogens is 573 g/mol. The number of carbonyl (C=O) groups is 1. The van der Waals surface area contributed by atoms with Gasteiger partial charge in [-0.25, -0.2) is 9.37 Å². The summed E-state index contributed by atoms with van der Waals surface area (Å²) >= 11 is 0. The summed E-state index contributed by atoms with van der Waals surface area (Å²) in [7, 11) is 3.94. The highest BCUT2D eigenvalue weighted by molar-refractivity contribution is 6.05. The first-order chi connectivity index (χ1) is 21.8. The molecule has 0 radical (unpaired) electrons. The van der Waals surface area contributed by atoms with E-state index in [1.54, 1.807) is 17.9 Å². The molecule has 1 aromatic carbocycles. The van der Waals surface area contributed by atoms with Gasteiger partial charge in [0.25, 0.3) is 5.91 Å². The van der Waals surface area contributed by atoms with Gasteiger partial charge >= 0.3 is 0 Å². The third kappa shape index (κ3) is 6.06. The van der Waals surface area contributed by atoms with E-state index in [4.69, 9.17) is 4.98 Å². The van der Waals surface area contributed by atoms with Gasteiger partial charge in [0.05, 0.1) is 28.9 Å². The molecular formula is C33H42FN9O2. The number of halogens is 1. The van der Waals surface area contributed by atoms with Crippen LogP contribution in [0.4, 0.5) is 16.0 Å². The Bertz CT molecular complexity index is 1660. The van der Waals surface area contributed by atoms with Gasteiger partial charge in [0, 0.05) is 82.0 Å². The number of piperazine rings is 1. The van der Waals surface area contributed by atoms with Crippen molar-refractivity contribution in [2.45, 2.75) is 56.7 Å². The summed E-state index contributed by atoms with van der Waals surface area (Å²) < 4.78 is 19.3. The van der Waals surface area contributed by atoms with E-state index in [1.807, 2.05) is 0 Å². The van der Waals surface area contributed by atoms with Crippen molar-refractivity contribution in [3.8, 4) is 11.3 Å². The lowest BCUT2D eigenvalue weighted by Crippen LogP contribution is -2.52. The fourth-order valence-corrected chi connectivity index (χ4v) is 7.27. The van der Waals surface area contributed by atoms with Crippen molar-refractivity contribution in [2.75, 3.05) is 56.5 Å². The maximum atomic E-state index is 15.6. The molecule has 1 saturated carbocycles. The largest absolute Gasteiger partial charge is 0.393 e. The Balaban J connectivity index is 1.15. The van der Waals surface area contributed by atoms with Crippen LogP contribution in [-0.2, 0) is 7.05 Å². The zero-order valence-corrected chi connectivity index (χ0v) is 26.1. The van der Waals surface area contributed by atoms with Crippen LogP contribution in [0.2, 0.25) is 0 Å². The van der Waals surface area contributed by atoms with Crippen LogP contribution in [0.1, 0.15) is 54.9 Å². The molecule has 0 bridgehead atoms. The van der Waals surface area contributed by atoms with E-state index in [0.717, 1.165) is 81.7 Å². The zero-order chi connectivity index (χ0) is 31.1. The number of fused-ring (bicyclic) bond motifs is 1. The van der Waals surface area contributed by atoms with Gasteiger partial charge in [0.2, 0.25) is 5.95 Å². The first-order valence-electron chi connectivity index (χ1n) is 16.2. The van der Waals surface area contributed by atoms with E-state index in [1.165, 1.54) is 18.5 Å². The number of hydrogen-bond acceptors (Lipinski definition) is 8. The van der Waals surface area contributed by atoms with Gasteiger partial charge in [-0.2, -0.15) is 5.10 Å². The number of rotatable bonds is 6. The molecule has 45 heavy (non-hydrogen) atoms. The van der Waals surface area contributed by atoms with Gasteiger partial charge in [-0.3, -0.25) is 24.7 Å². The number of aliphatic hydroxyl groups is 1. The molecule has 2 saturated heterocycles. The second kappa shape index (κ2) is 12.5. The molecule has 5 heterocycles. The lowest BCUT2D eigenvalue weighted by atomic mass is 9.93. The number of nitrogens with zero attached hydrogens (tertiary/aromatic N) is 8. The number of likely N-dealkylation sites (N-methyl/N-ethyl adjacent to an activating group) is 1. The van der Waals surface area contributed by atoms with E-state index in [0.29, 0.717) is 30.4 Å². The number of nitrogens with one attached hydrogen (secondary N) is 1. The third-order valence-electron chi connectivity index (χ3n) is 9.93. The summed E-state index contributed by atoms with van der Waals surface area (Å²) in [5, 5.41) is 17.2. The summed E-state index contributed by atoms with van der Waals surface area (Å²) in [5.74, 6) is -0.895. The van der Waals surface area contributed by atoms with Crippen molar-refractivity contribution in [1.29, 1.82) is 0 Å². The number of hydrogen-bond donors (Lipinski definition) is 2. The number of benzene rings is 1. The minimum Gasteiger partial charge on any atom is -0.393 e. The lowest BCUT2D eigenvalue weighted by molar-refractivity contribution is 0.0982. The summed E-state index contributed by atoms with van der Waals surface area (Å²) in [5.41, 5.74) is 3.31. The molecule has 12 heteroatoms. The fraction of sp³-hybridized carbons (Fsp3) is 0.515. The molecule has 0 unspecified atom stereocenters. The number of piperidine rings is 1. The number of carbonyl (C=O) groups excluding carboxylic acids is 1. The number of aromatic nitrogens is 5. The van der Waals surface area contributed by atoms with Crippen LogP contribution in [0.15, 0.2) is 42.9 Å². The van der Waals surface area contributed by atoms with E-state index in [2.05, 4.69) is 59.9 Å². The average Bonchev–Trinajstić information content (AvgIpc) is 3.64. The molecule has 11 nitrogen and oxygen atoms in total. The van der Waals surface area contributed by atoms with Crippen LogP contribution in [-0.4, -0.2) is 104 Å². The Morgan fingerprint density at radius 2 is 1.71 bits per heavy atom. The second-order valence-corrected chi connectivity index (χ2v) is 12.9. The fourth-order valence-electron chi connectivity index (χ4n) is 7.27. The first kappa shape index (κ1) is 29.8. The highest BCUT2D eigenvalue weighted by Crippen LogP contribution is 2.36. The summed E-state index contributed by atoms with van der Waals surface area (Å²) in [6.07, 6.45) is 9.50. The molecule has 2 N–H and O–H groups in total. The Labute approximate surface area is 262 Å². The summed E-state index contributed by atoms with van der Waals surface area (Å²) in [4.78, 5) is 30.2. The van der Waals surface area contributed by atoms with Crippen LogP contribution in [0.25, 0.3) is 22.3 Å². The highest BCUT2D eigenvalue weighted by atomic mass is 19.1. The maximum Gasteiger partial charge on any atom is 0.261 e. The molecule has 7 rings (SSSR count). The topological polar surface area (TPSA) is 108 Å². The number of pyridine rings is 1.